The molecule has 1 aliphatic heterocycles. The van der Waals surface area contributed by atoms with Crippen LogP contribution >= 0.6 is 0 Å². The highest BCUT2D eigenvalue weighted by Crippen LogP contribution is 2.20. The summed E-state index contributed by atoms with van der Waals surface area (Å²) in [4.78, 5) is 4.61. The molecule has 2 aliphatic rings. The van der Waals surface area contributed by atoms with Crippen molar-refractivity contribution in [1.82, 2.24) is 10.6 Å². The molecule has 25 heavy (non-hydrogen) atoms. The van der Waals surface area contributed by atoms with Gasteiger partial charge in [0.25, 0.3) is 0 Å². The molecule has 0 bridgehead atoms. The maximum atomic E-state index is 5.89. The van der Waals surface area contributed by atoms with Gasteiger partial charge in [0, 0.05) is 45.4 Å². The summed E-state index contributed by atoms with van der Waals surface area (Å²) in [5.74, 6) is 1.49. The van der Waals surface area contributed by atoms with Crippen LogP contribution in [0.4, 0.5) is 0 Å². The van der Waals surface area contributed by atoms with Crippen molar-refractivity contribution >= 4 is 5.96 Å². The molecule has 1 saturated carbocycles. The zero-order valence-corrected chi connectivity index (χ0v) is 15.9. The number of aliphatic imine (C=N–C) groups is 1. The van der Waals surface area contributed by atoms with Crippen molar-refractivity contribution in [2.75, 3.05) is 52.7 Å². The predicted octanol–water partition coefficient (Wildman–Crippen LogP) is 2.33. The van der Waals surface area contributed by atoms with Gasteiger partial charge in [-0.15, -0.1) is 0 Å². The molecular weight excluding hydrogens is 318 g/mol. The van der Waals surface area contributed by atoms with Crippen molar-refractivity contribution in [3.05, 3.63) is 0 Å². The molecule has 0 aromatic carbocycles. The van der Waals surface area contributed by atoms with Crippen molar-refractivity contribution in [3.8, 4) is 0 Å². The van der Waals surface area contributed by atoms with Gasteiger partial charge in [0.15, 0.2) is 5.96 Å². The second-order valence-corrected chi connectivity index (χ2v) is 6.98. The molecule has 2 N–H and O–H groups in total. The lowest BCUT2D eigenvalue weighted by Gasteiger charge is -2.13. The molecule has 2 fully saturated rings. The quantitative estimate of drug-likeness (QED) is 0.320. The molecule has 1 aliphatic carbocycles. The summed E-state index contributed by atoms with van der Waals surface area (Å²) in [5.41, 5.74) is 0. The third-order valence-electron chi connectivity index (χ3n) is 4.71. The van der Waals surface area contributed by atoms with Crippen LogP contribution < -0.4 is 10.6 Å². The summed E-state index contributed by atoms with van der Waals surface area (Å²) in [6.45, 7) is 8.84. The highest BCUT2D eigenvalue weighted by molar-refractivity contribution is 5.79. The number of ether oxygens (including phenoxy) is 3. The predicted molar refractivity (Wildman–Crippen MR) is 101 cm³/mol. The maximum absolute atomic E-state index is 5.89. The highest BCUT2D eigenvalue weighted by atomic mass is 16.5. The standard InChI is InChI=1S/C19H37N3O3/c1-2-20-19(22-11-6-13-25-18-7-3-4-8-18)21-10-5-12-23-15-17-9-14-24-16-17/h17-18H,2-16H2,1H3,(H2,20,21,22). The number of rotatable bonds is 12. The minimum absolute atomic E-state index is 0.512. The average Bonchev–Trinajstić information content (AvgIpc) is 3.31. The van der Waals surface area contributed by atoms with E-state index in [1.54, 1.807) is 0 Å². The number of guanidine groups is 1. The van der Waals surface area contributed by atoms with E-state index in [0.29, 0.717) is 12.0 Å². The Morgan fingerprint density at radius 1 is 1.12 bits per heavy atom. The summed E-state index contributed by atoms with van der Waals surface area (Å²) in [6.07, 6.45) is 8.77. The van der Waals surface area contributed by atoms with Crippen LogP contribution in [0.25, 0.3) is 0 Å². The van der Waals surface area contributed by atoms with Gasteiger partial charge in [0.2, 0.25) is 0 Å². The van der Waals surface area contributed by atoms with E-state index < -0.39 is 0 Å². The number of nitrogens with one attached hydrogen (secondary N) is 2. The molecular formula is C19H37N3O3. The van der Waals surface area contributed by atoms with E-state index in [-0.39, 0.29) is 0 Å². The van der Waals surface area contributed by atoms with Crippen LogP contribution in [-0.2, 0) is 14.2 Å². The molecule has 0 spiro atoms. The van der Waals surface area contributed by atoms with Crippen molar-refractivity contribution in [3.63, 3.8) is 0 Å². The fraction of sp³-hybridized carbons (Fsp3) is 0.947. The minimum atomic E-state index is 0.512. The van der Waals surface area contributed by atoms with Gasteiger partial charge in [-0.1, -0.05) is 12.8 Å². The Morgan fingerprint density at radius 2 is 2.00 bits per heavy atom. The maximum Gasteiger partial charge on any atom is 0.191 e. The zero-order valence-electron chi connectivity index (χ0n) is 15.9. The lowest BCUT2D eigenvalue weighted by Crippen LogP contribution is -2.38. The van der Waals surface area contributed by atoms with Gasteiger partial charge in [-0.05, 0) is 39.0 Å². The number of nitrogens with zero attached hydrogens (tertiary/aromatic N) is 1. The Hall–Kier alpha value is -0.850. The SMILES string of the molecule is CCNC(=NCCCOCC1CCOC1)NCCCOC1CCCC1. The van der Waals surface area contributed by atoms with E-state index >= 15 is 0 Å². The molecule has 1 heterocycles. The van der Waals surface area contributed by atoms with E-state index in [4.69, 9.17) is 14.2 Å². The summed E-state index contributed by atoms with van der Waals surface area (Å²) in [7, 11) is 0. The second kappa shape index (κ2) is 13.4. The van der Waals surface area contributed by atoms with Gasteiger partial charge < -0.3 is 24.8 Å². The first-order valence-electron chi connectivity index (χ1n) is 10.2. The third kappa shape index (κ3) is 9.42. The molecule has 6 nitrogen and oxygen atoms in total. The largest absolute Gasteiger partial charge is 0.381 e. The first-order chi connectivity index (χ1) is 12.4. The average molecular weight is 356 g/mol. The molecule has 1 saturated heterocycles. The van der Waals surface area contributed by atoms with E-state index in [2.05, 4.69) is 22.5 Å². The second-order valence-electron chi connectivity index (χ2n) is 6.98. The number of hydrogen-bond donors (Lipinski definition) is 2. The molecule has 2 rings (SSSR count). The summed E-state index contributed by atoms with van der Waals surface area (Å²) < 4.78 is 17.0. The van der Waals surface area contributed by atoms with Gasteiger partial charge in [-0.2, -0.15) is 0 Å². The first kappa shape index (κ1) is 20.5. The molecule has 1 unspecified atom stereocenters. The molecule has 0 aromatic heterocycles. The Kier molecular flexibility index (Phi) is 10.9. The molecule has 6 heteroatoms. The molecule has 0 aromatic rings. The Labute approximate surface area is 153 Å². The van der Waals surface area contributed by atoms with Gasteiger partial charge in [-0.3, -0.25) is 4.99 Å². The van der Waals surface area contributed by atoms with Gasteiger partial charge in [0.05, 0.1) is 19.3 Å². The van der Waals surface area contributed by atoms with Crippen molar-refractivity contribution in [2.45, 2.75) is 58.0 Å². The monoisotopic (exact) mass is 355 g/mol. The summed E-state index contributed by atoms with van der Waals surface area (Å²) >= 11 is 0. The molecule has 1 atom stereocenters. The van der Waals surface area contributed by atoms with Gasteiger partial charge in [0.1, 0.15) is 0 Å². The van der Waals surface area contributed by atoms with Crippen molar-refractivity contribution < 1.29 is 14.2 Å². The van der Waals surface area contributed by atoms with Crippen LogP contribution in [0.15, 0.2) is 4.99 Å². The van der Waals surface area contributed by atoms with E-state index in [0.717, 1.165) is 77.9 Å². The van der Waals surface area contributed by atoms with Crippen LogP contribution in [0, 0.1) is 5.92 Å². The van der Waals surface area contributed by atoms with Crippen molar-refractivity contribution in [2.24, 2.45) is 10.9 Å². The molecule has 0 amide bonds. The van der Waals surface area contributed by atoms with Crippen LogP contribution in [0.5, 0.6) is 0 Å². The molecule has 146 valence electrons. The minimum Gasteiger partial charge on any atom is -0.381 e. The van der Waals surface area contributed by atoms with Gasteiger partial charge in [-0.25, -0.2) is 0 Å². The highest BCUT2D eigenvalue weighted by Gasteiger charge is 2.15. The zero-order chi connectivity index (χ0) is 17.6. The van der Waals surface area contributed by atoms with Crippen LogP contribution in [0.3, 0.4) is 0 Å². The topological polar surface area (TPSA) is 64.1 Å². The smallest absolute Gasteiger partial charge is 0.191 e. The van der Waals surface area contributed by atoms with E-state index in [1.807, 2.05) is 0 Å². The summed E-state index contributed by atoms with van der Waals surface area (Å²) in [6, 6.07) is 0. The lowest BCUT2D eigenvalue weighted by atomic mass is 10.1. The normalized spacial score (nSPS) is 21.8. The number of hydrogen-bond acceptors (Lipinski definition) is 4. The van der Waals surface area contributed by atoms with Crippen LogP contribution in [-0.4, -0.2) is 64.7 Å². The lowest BCUT2D eigenvalue weighted by molar-refractivity contribution is 0.0574. The Balaban J connectivity index is 1.46. The van der Waals surface area contributed by atoms with Crippen molar-refractivity contribution in [1.29, 1.82) is 0 Å². The van der Waals surface area contributed by atoms with E-state index in [1.165, 1.54) is 25.7 Å². The Morgan fingerprint density at radius 3 is 2.76 bits per heavy atom. The summed E-state index contributed by atoms with van der Waals surface area (Å²) in [5, 5.41) is 6.67. The first-order valence-corrected chi connectivity index (χ1v) is 10.2. The van der Waals surface area contributed by atoms with E-state index in [9.17, 15) is 0 Å². The Bertz CT molecular complexity index is 354. The fourth-order valence-electron chi connectivity index (χ4n) is 3.25. The van der Waals surface area contributed by atoms with Gasteiger partial charge >= 0.3 is 0 Å². The molecule has 0 radical (unpaired) electrons. The van der Waals surface area contributed by atoms with Crippen LogP contribution in [0.2, 0.25) is 0 Å². The fourth-order valence-corrected chi connectivity index (χ4v) is 3.25. The van der Waals surface area contributed by atoms with Crippen LogP contribution in [0.1, 0.15) is 51.9 Å². The third-order valence-corrected chi connectivity index (χ3v) is 4.71.